The first kappa shape index (κ1) is 16.0. The molecule has 116 valence electrons. The van der Waals surface area contributed by atoms with Crippen LogP contribution in [-0.2, 0) is 9.84 Å². The minimum Gasteiger partial charge on any atom is -0.504 e. The van der Waals surface area contributed by atoms with Crippen LogP contribution < -0.4 is 0 Å². The Bertz CT molecular complexity index is 654. The summed E-state index contributed by atoms with van der Waals surface area (Å²) in [4.78, 5) is 13.8. The first-order valence-electron chi connectivity index (χ1n) is 6.40. The molecule has 8 heteroatoms. The molecule has 0 spiro atoms. The summed E-state index contributed by atoms with van der Waals surface area (Å²) >= 11 is 5.66. The molecule has 1 N–H and O–H groups in total. The quantitative estimate of drug-likeness (QED) is 0.849. The molecule has 5 nitrogen and oxygen atoms in total. The van der Waals surface area contributed by atoms with Gasteiger partial charge in [0.25, 0.3) is 5.91 Å². The Morgan fingerprint density at radius 3 is 2.71 bits per heavy atom. The maximum atomic E-state index is 13.5. The molecule has 0 aliphatic carbocycles. The Labute approximate surface area is 127 Å². The number of rotatable bonds is 1. The van der Waals surface area contributed by atoms with Crippen molar-refractivity contribution in [1.29, 1.82) is 0 Å². The molecule has 1 aromatic rings. The van der Waals surface area contributed by atoms with Gasteiger partial charge in [-0.3, -0.25) is 4.79 Å². The Morgan fingerprint density at radius 1 is 1.43 bits per heavy atom. The molecule has 2 rings (SSSR count). The zero-order chi connectivity index (χ0) is 15.8. The lowest BCUT2D eigenvalue weighted by Crippen LogP contribution is -2.39. The maximum absolute atomic E-state index is 13.5. The van der Waals surface area contributed by atoms with E-state index in [0.29, 0.717) is 6.42 Å². The first-order chi connectivity index (χ1) is 9.71. The molecule has 0 saturated carbocycles. The van der Waals surface area contributed by atoms with Crippen molar-refractivity contribution in [2.45, 2.75) is 19.4 Å². The highest BCUT2D eigenvalue weighted by atomic mass is 35.5. The summed E-state index contributed by atoms with van der Waals surface area (Å²) in [6.45, 7) is 1.81. The van der Waals surface area contributed by atoms with E-state index in [1.54, 1.807) is 6.92 Å². The van der Waals surface area contributed by atoms with Gasteiger partial charge in [0, 0.05) is 18.2 Å². The molecule has 1 atom stereocenters. The summed E-state index contributed by atoms with van der Waals surface area (Å²) in [5, 5.41) is 9.02. The number of nitrogens with zero attached hydrogens (tertiary/aromatic N) is 1. The van der Waals surface area contributed by atoms with Crippen molar-refractivity contribution in [3.05, 3.63) is 28.5 Å². The lowest BCUT2D eigenvalue weighted by atomic mass is 10.1. The molecular weight excluding hydrogens is 321 g/mol. The number of carbonyl (C=O) groups excluding carboxylic acids is 1. The molecule has 1 fully saturated rings. The molecule has 1 aliphatic rings. The molecule has 0 aromatic heterocycles. The number of phenolic OH excluding ortho intramolecular Hbond substituents is 1. The third-order valence-electron chi connectivity index (χ3n) is 3.55. The second-order valence-corrected chi connectivity index (χ2v) is 7.79. The van der Waals surface area contributed by atoms with E-state index >= 15 is 0 Å². The van der Waals surface area contributed by atoms with E-state index < -0.39 is 27.3 Å². The minimum atomic E-state index is -3.16. The molecular formula is C13H15ClFNO4S. The van der Waals surface area contributed by atoms with Crippen molar-refractivity contribution in [3.63, 3.8) is 0 Å². The van der Waals surface area contributed by atoms with Crippen LogP contribution in [0.25, 0.3) is 0 Å². The van der Waals surface area contributed by atoms with Crippen LogP contribution in [0.5, 0.6) is 5.75 Å². The topological polar surface area (TPSA) is 74.7 Å². The number of phenols is 1. The maximum Gasteiger partial charge on any atom is 0.254 e. The monoisotopic (exact) mass is 335 g/mol. The van der Waals surface area contributed by atoms with Gasteiger partial charge in [0.1, 0.15) is 0 Å². The fraction of sp³-hybridized carbons (Fsp3) is 0.462. The normalized spacial score (nSPS) is 21.9. The third kappa shape index (κ3) is 3.47. The van der Waals surface area contributed by atoms with Gasteiger partial charge in [0.2, 0.25) is 0 Å². The Hall–Kier alpha value is -1.34. The summed E-state index contributed by atoms with van der Waals surface area (Å²) in [7, 11) is -3.16. The van der Waals surface area contributed by atoms with Crippen molar-refractivity contribution >= 4 is 27.3 Å². The highest BCUT2D eigenvalue weighted by Crippen LogP contribution is 2.28. The van der Waals surface area contributed by atoms with Crippen molar-refractivity contribution in [2.75, 3.05) is 18.1 Å². The molecule has 1 aliphatic heterocycles. The summed E-state index contributed by atoms with van der Waals surface area (Å²) in [5.41, 5.74) is -0.0125. The molecule has 0 bridgehead atoms. The van der Waals surface area contributed by atoms with Crippen LogP contribution in [0, 0.1) is 5.82 Å². The van der Waals surface area contributed by atoms with Gasteiger partial charge < -0.3 is 10.0 Å². The van der Waals surface area contributed by atoms with Gasteiger partial charge in [-0.25, -0.2) is 12.8 Å². The molecule has 1 unspecified atom stereocenters. The summed E-state index contributed by atoms with van der Waals surface area (Å²) in [5.74, 6) is -2.28. The van der Waals surface area contributed by atoms with E-state index in [4.69, 9.17) is 11.6 Å². The van der Waals surface area contributed by atoms with Crippen LogP contribution in [0.3, 0.4) is 0 Å². The highest BCUT2D eigenvalue weighted by molar-refractivity contribution is 7.91. The van der Waals surface area contributed by atoms with Gasteiger partial charge in [-0.15, -0.1) is 0 Å². The molecule has 21 heavy (non-hydrogen) atoms. The first-order valence-corrected chi connectivity index (χ1v) is 8.60. The third-order valence-corrected chi connectivity index (χ3v) is 5.50. The number of aromatic hydroxyl groups is 1. The Morgan fingerprint density at radius 2 is 2.10 bits per heavy atom. The highest BCUT2D eigenvalue weighted by Gasteiger charge is 2.29. The second kappa shape index (κ2) is 5.81. The lowest BCUT2D eigenvalue weighted by Gasteiger charge is -2.26. The Kier molecular flexibility index (Phi) is 4.43. The van der Waals surface area contributed by atoms with Crippen LogP contribution in [0.4, 0.5) is 4.39 Å². The summed E-state index contributed by atoms with van der Waals surface area (Å²) in [6.07, 6.45) is 0.336. The molecule has 1 aromatic carbocycles. The van der Waals surface area contributed by atoms with Crippen LogP contribution in [0.15, 0.2) is 12.1 Å². The van der Waals surface area contributed by atoms with Gasteiger partial charge in [-0.05, 0) is 25.5 Å². The lowest BCUT2D eigenvalue weighted by molar-refractivity contribution is 0.0705. The molecule has 1 saturated heterocycles. The number of halogens is 2. The molecule has 1 amide bonds. The number of hydrogen-bond donors (Lipinski definition) is 1. The van der Waals surface area contributed by atoms with Crippen LogP contribution >= 0.6 is 11.6 Å². The van der Waals surface area contributed by atoms with E-state index in [1.165, 1.54) is 11.0 Å². The van der Waals surface area contributed by atoms with Crippen molar-refractivity contribution < 1.29 is 22.7 Å². The van der Waals surface area contributed by atoms with Gasteiger partial charge in [-0.1, -0.05) is 11.6 Å². The fourth-order valence-corrected chi connectivity index (χ4v) is 3.81. The SMILES string of the molecule is CC1CCS(=O)(=O)CCN1C(=O)c1cc(F)c(O)c(Cl)c1. The number of sulfone groups is 1. The van der Waals surface area contributed by atoms with Gasteiger partial charge in [-0.2, -0.15) is 0 Å². The van der Waals surface area contributed by atoms with Gasteiger partial charge in [0.05, 0.1) is 16.5 Å². The zero-order valence-corrected chi connectivity index (χ0v) is 12.9. The van der Waals surface area contributed by atoms with E-state index in [2.05, 4.69) is 0 Å². The van der Waals surface area contributed by atoms with Crippen LogP contribution in [0.2, 0.25) is 5.02 Å². The molecule has 0 radical (unpaired) electrons. The van der Waals surface area contributed by atoms with Crippen molar-refractivity contribution in [2.24, 2.45) is 0 Å². The fourth-order valence-electron chi connectivity index (χ4n) is 2.22. The van der Waals surface area contributed by atoms with E-state index in [1.807, 2.05) is 0 Å². The second-order valence-electron chi connectivity index (χ2n) is 5.08. The zero-order valence-electron chi connectivity index (χ0n) is 11.3. The summed E-state index contributed by atoms with van der Waals surface area (Å²) < 4.78 is 36.7. The number of benzene rings is 1. The average Bonchev–Trinajstić information content (AvgIpc) is 2.54. The smallest absolute Gasteiger partial charge is 0.254 e. The number of carbonyl (C=O) groups is 1. The van der Waals surface area contributed by atoms with E-state index in [-0.39, 0.29) is 34.7 Å². The van der Waals surface area contributed by atoms with Crippen LogP contribution in [-0.4, -0.2) is 48.4 Å². The van der Waals surface area contributed by atoms with Gasteiger partial charge in [0.15, 0.2) is 21.4 Å². The predicted octanol–water partition coefficient (Wildman–Crippen LogP) is 1.83. The van der Waals surface area contributed by atoms with Crippen molar-refractivity contribution in [1.82, 2.24) is 4.90 Å². The minimum absolute atomic E-state index is 0.0125. The van der Waals surface area contributed by atoms with Gasteiger partial charge >= 0.3 is 0 Å². The standard InChI is InChI=1S/C13H15ClFNO4S/c1-8-2-4-21(19,20)5-3-16(8)13(18)9-6-10(14)12(17)11(15)7-9/h6-8,17H,2-5H2,1H3. The van der Waals surface area contributed by atoms with Crippen LogP contribution in [0.1, 0.15) is 23.7 Å². The summed E-state index contributed by atoms with van der Waals surface area (Å²) in [6, 6.07) is 1.80. The number of amides is 1. The average molecular weight is 336 g/mol. The predicted molar refractivity (Wildman–Crippen MR) is 76.8 cm³/mol. The van der Waals surface area contributed by atoms with Crippen molar-refractivity contribution in [3.8, 4) is 5.75 Å². The van der Waals surface area contributed by atoms with E-state index in [9.17, 15) is 22.7 Å². The largest absolute Gasteiger partial charge is 0.504 e. The Balaban J connectivity index is 2.31. The van der Waals surface area contributed by atoms with E-state index in [0.717, 1.165) is 6.07 Å². The molecule has 1 heterocycles. The number of hydrogen-bond acceptors (Lipinski definition) is 4.